The molecule has 6 N–H and O–H groups in total. The highest BCUT2D eigenvalue weighted by Gasteiger charge is 2.47. The SMILES string of the molecule is CC/C=C\C/C=C\C/C=C\C/C=C\C/C=C\CCCCC(O)C(=O)NC(COC1OC(CO)C(O)C(O)C1OC(=O)CCCCCCCCC/C=C/C=C/C=C/CC)C(O)/C=C/CCCCCCCCCCC. The third-order valence-electron chi connectivity index (χ3n) is 12.7. The minimum atomic E-state index is -1.63. The van der Waals surface area contributed by atoms with Crippen LogP contribution in [0.1, 0.15) is 207 Å². The van der Waals surface area contributed by atoms with Crippen molar-refractivity contribution in [2.75, 3.05) is 13.2 Å². The van der Waals surface area contributed by atoms with Crippen molar-refractivity contribution in [3.63, 3.8) is 0 Å². The predicted octanol–water partition coefficient (Wildman–Crippen LogP) is 12.9. The number of amides is 1. The number of carbonyl (C=O) groups excluding carboxylic acids is 2. The molecule has 73 heavy (non-hydrogen) atoms. The average molecular weight is 1020 g/mol. The first kappa shape index (κ1) is 67.3. The summed E-state index contributed by atoms with van der Waals surface area (Å²) in [6.45, 7) is 5.48. The van der Waals surface area contributed by atoms with E-state index in [0.29, 0.717) is 12.8 Å². The van der Waals surface area contributed by atoms with Gasteiger partial charge in [-0.3, -0.25) is 9.59 Å². The van der Waals surface area contributed by atoms with Gasteiger partial charge in [0.15, 0.2) is 12.4 Å². The maximum Gasteiger partial charge on any atom is 0.306 e. The number of nitrogens with one attached hydrogen (secondary N) is 1. The molecule has 0 bridgehead atoms. The van der Waals surface area contributed by atoms with Crippen molar-refractivity contribution in [3.8, 4) is 0 Å². The Morgan fingerprint density at radius 2 is 1.05 bits per heavy atom. The second-order valence-electron chi connectivity index (χ2n) is 19.3. The second-order valence-corrected chi connectivity index (χ2v) is 19.3. The molecule has 0 aromatic heterocycles. The molecule has 11 heteroatoms. The molecule has 0 saturated carbocycles. The van der Waals surface area contributed by atoms with Crippen LogP contribution in [0.2, 0.25) is 0 Å². The Balaban J connectivity index is 2.76. The van der Waals surface area contributed by atoms with Crippen LogP contribution >= 0.6 is 0 Å². The van der Waals surface area contributed by atoms with E-state index in [1.807, 2.05) is 18.2 Å². The van der Waals surface area contributed by atoms with Crippen molar-refractivity contribution in [1.82, 2.24) is 5.32 Å². The van der Waals surface area contributed by atoms with Crippen LogP contribution in [0.3, 0.4) is 0 Å². The summed E-state index contributed by atoms with van der Waals surface area (Å²) in [5.41, 5.74) is 0. The molecule has 8 atom stereocenters. The summed E-state index contributed by atoms with van der Waals surface area (Å²) in [5.74, 6) is -1.25. The van der Waals surface area contributed by atoms with Gasteiger partial charge in [-0.2, -0.15) is 0 Å². The van der Waals surface area contributed by atoms with Crippen molar-refractivity contribution < 1.29 is 49.3 Å². The smallest absolute Gasteiger partial charge is 0.306 e. The summed E-state index contributed by atoms with van der Waals surface area (Å²) in [4.78, 5) is 26.4. The second kappa shape index (κ2) is 49.2. The lowest BCUT2D eigenvalue weighted by Crippen LogP contribution is -2.61. The van der Waals surface area contributed by atoms with Gasteiger partial charge in [0.1, 0.15) is 24.4 Å². The minimum Gasteiger partial charge on any atom is -0.454 e. The van der Waals surface area contributed by atoms with Crippen LogP contribution in [0.15, 0.2) is 109 Å². The standard InChI is InChI=1S/C62H103NO10/c1-4-7-10-13-16-19-22-24-26-27-28-30-31-34-37-40-43-46-49-55(66)61(70)63-53(54(65)48-45-42-39-36-33-21-18-15-12-9-6-3)52-71-62-60(59(69)58(68)56(51-64)72-62)73-57(67)50-47-44-41-38-35-32-29-25-23-20-17-14-11-8-5-2/h7-8,10-11,14,16-17,19-20,23-24,26,28,30,34,37,45,48,53-56,58-60,62,64-66,68-69H,4-6,9,12-13,15,18,21-22,25,27,29,31-33,35-36,38-44,46-47,49-52H2,1-3H3,(H,63,70)/b10-7-,11-8+,17-14+,19-16-,23-20+,26-24-,30-28-,37-34-,48-45+. The van der Waals surface area contributed by atoms with Gasteiger partial charge in [0.25, 0.3) is 0 Å². The first-order valence-electron chi connectivity index (χ1n) is 28.7. The number of esters is 1. The molecular formula is C62H103NO10. The van der Waals surface area contributed by atoms with E-state index in [-0.39, 0.29) is 19.4 Å². The predicted molar refractivity (Wildman–Crippen MR) is 301 cm³/mol. The number of aliphatic hydroxyl groups excluding tert-OH is 5. The summed E-state index contributed by atoms with van der Waals surface area (Å²) >= 11 is 0. The maximum atomic E-state index is 13.4. The van der Waals surface area contributed by atoms with E-state index in [4.69, 9.17) is 14.2 Å². The quantitative estimate of drug-likeness (QED) is 0.0149. The monoisotopic (exact) mass is 1020 g/mol. The number of ether oxygens (including phenoxy) is 3. The van der Waals surface area contributed by atoms with Gasteiger partial charge >= 0.3 is 5.97 Å². The van der Waals surface area contributed by atoms with Gasteiger partial charge in [-0.25, -0.2) is 0 Å². The fourth-order valence-corrected chi connectivity index (χ4v) is 8.20. The van der Waals surface area contributed by atoms with E-state index in [0.717, 1.165) is 122 Å². The van der Waals surface area contributed by atoms with Gasteiger partial charge in [0.05, 0.1) is 25.4 Å². The largest absolute Gasteiger partial charge is 0.454 e. The molecule has 0 aromatic carbocycles. The molecule has 1 saturated heterocycles. The fraction of sp³-hybridized carbons (Fsp3) is 0.677. The van der Waals surface area contributed by atoms with E-state index in [2.05, 4.69) is 111 Å². The first-order valence-corrected chi connectivity index (χ1v) is 28.7. The Morgan fingerprint density at radius 3 is 1.63 bits per heavy atom. The highest BCUT2D eigenvalue weighted by Crippen LogP contribution is 2.26. The Hall–Kier alpha value is -3.68. The Morgan fingerprint density at radius 1 is 0.562 bits per heavy atom. The van der Waals surface area contributed by atoms with Crippen LogP contribution in [-0.2, 0) is 23.8 Å². The normalized spacial score (nSPS) is 20.2. The van der Waals surface area contributed by atoms with Gasteiger partial charge in [-0.05, 0) is 89.9 Å². The Labute approximate surface area is 443 Å². The minimum absolute atomic E-state index is 0.0998. The zero-order valence-corrected chi connectivity index (χ0v) is 45.7. The van der Waals surface area contributed by atoms with E-state index in [1.54, 1.807) is 6.08 Å². The molecule has 11 nitrogen and oxygen atoms in total. The summed E-state index contributed by atoms with van der Waals surface area (Å²) < 4.78 is 17.5. The van der Waals surface area contributed by atoms with Gasteiger partial charge in [0, 0.05) is 6.42 Å². The fourth-order valence-electron chi connectivity index (χ4n) is 8.20. The lowest BCUT2D eigenvalue weighted by molar-refractivity contribution is -0.305. The first-order chi connectivity index (χ1) is 35.7. The number of allylic oxidation sites excluding steroid dienone is 17. The third-order valence-corrected chi connectivity index (χ3v) is 12.7. The van der Waals surface area contributed by atoms with E-state index >= 15 is 0 Å². The molecule has 1 amide bonds. The van der Waals surface area contributed by atoms with Crippen molar-refractivity contribution in [2.24, 2.45) is 0 Å². The van der Waals surface area contributed by atoms with E-state index in [1.165, 1.54) is 38.5 Å². The van der Waals surface area contributed by atoms with Gasteiger partial charge < -0.3 is 45.1 Å². The topological polar surface area (TPSA) is 175 Å². The molecule has 1 rings (SSSR count). The summed E-state index contributed by atoms with van der Waals surface area (Å²) in [7, 11) is 0. The lowest BCUT2D eigenvalue weighted by atomic mass is 9.99. The molecule has 0 aliphatic carbocycles. The maximum absolute atomic E-state index is 13.4. The molecule has 1 aliphatic heterocycles. The molecule has 0 spiro atoms. The number of aliphatic hydroxyl groups is 5. The van der Waals surface area contributed by atoms with Crippen LogP contribution in [-0.4, -0.2) is 99.6 Å². The van der Waals surface area contributed by atoms with Gasteiger partial charge in [0.2, 0.25) is 5.91 Å². The Kier molecular flexibility index (Phi) is 45.4. The van der Waals surface area contributed by atoms with Crippen molar-refractivity contribution in [2.45, 2.75) is 256 Å². The zero-order chi connectivity index (χ0) is 53.3. The lowest BCUT2D eigenvalue weighted by Gasteiger charge is -2.41. The Bertz CT molecular complexity index is 1600. The average Bonchev–Trinajstić information content (AvgIpc) is 3.39. The molecule has 0 aromatic rings. The van der Waals surface area contributed by atoms with Crippen LogP contribution in [0.4, 0.5) is 0 Å². The van der Waals surface area contributed by atoms with Crippen LogP contribution < -0.4 is 5.32 Å². The van der Waals surface area contributed by atoms with Crippen LogP contribution in [0.5, 0.6) is 0 Å². The van der Waals surface area contributed by atoms with Crippen molar-refractivity contribution in [3.05, 3.63) is 109 Å². The van der Waals surface area contributed by atoms with E-state index in [9.17, 15) is 35.1 Å². The third kappa shape index (κ3) is 37.7. The molecule has 8 unspecified atom stereocenters. The summed E-state index contributed by atoms with van der Waals surface area (Å²) in [6.07, 6.45) is 55.6. The number of unbranched alkanes of at least 4 members (excludes halogenated alkanes) is 18. The molecule has 1 aliphatic rings. The van der Waals surface area contributed by atoms with E-state index < -0.39 is 67.4 Å². The zero-order valence-electron chi connectivity index (χ0n) is 45.7. The van der Waals surface area contributed by atoms with Gasteiger partial charge in [-0.15, -0.1) is 0 Å². The van der Waals surface area contributed by atoms with Crippen molar-refractivity contribution >= 4 is 11.9 Å². The summed E-state index contributed by atoms with van der Waals surface area (Å²) in [5, 5.41) is 56.8. The molecule has 0 radical (unpaired) electrons. The molecular weight excluding hydrogens is 919 g/mol. The number of hydrogen-bond donors (Lipinski definition) is 6. The molecule has 1 heterocycles. The summed E-state index contributed by atoms with van der Waals surface area (Å²) in [6, 6.07) is -1.05. The van der Waals surface area contributed by atoms with Crippen LogP contribution in [0.25, 0.3) is 0 Å². The van der Waals surface area contributed by atoms with Crippen LogP contribution in [0, 0.1) is 0 Å². The van der Waals surface area contributed by atoms with Crippen molar-refractivity contribution in [1.29, 1.82) is 0 Å². The molecule has 416 valence electrons. The number of carbonyl (C=O) groups is 2. The number of hydrogen-bond acceptors (Lipinski definition) is 10. The molecule has 1 fully saturated rings. The highest BCUT2D eigenvalue weighted by molar-refractivity contribution is 5.80. The van der Waals surface area contributed by atoms with Gasteiger partial charge in [-0.1, -0.05) is 220 Å². The highest BCUT2D eigenvalue weighted by atomic mass is 16.7. The number of rotatable bonds is 46.